The van der Waals surface area contributed by atoms with Crippen LogP contribution in [0.2, 0.25) is 0 Å². The van der Waals surface area contributed by atoms with Crippen LogP contribution in [0.3, 0.4) is 0 Å². The molecule has 18 heavy (non-hydrogen) atoms. The van der Waals surface area contributed by atoms with E-state index in [0.29, 0.717) is 11.7 Å². The average molecular weight is 250 g/mol. The summed E-state index contributed by atoms with van der Waals surface area (Å²) >= 11 is 0. The molecule has 5 heteroatoms. The van der Waals surface area contributed by atoms with Gasteiger partial charge in [0.15, 0.2) is 5.69 Å². The van der Waals surface area contributed by atoms with Crippen LogP contribution in [0.25, 0.3) is 0 Å². The van der Waals surface area contributed by atoms with Crippen LogP contribution in [0, 0.1) is 5.92 Å². The van der Waals surface area contributed by atoms with Crippen LogP contribution in [0.15, 0.2) is 18.2 Å². The molecule has 0 aliphatic heterocycles. The fourth-order valence-electron chi connectivity index (χ4n) is 2.25. The van der Waals surface area contributed by atoms with E-state index < -0.39 is 5.97 Å². The number of anilines is 1. The Balaban J connectivity index is 1.86. The number of rotatable bonds is 4. The molecule has 0 unspecified atom stereocenters. The van der Waals surface area contributed by atoms with Gasteiger partial charge in [0, 0.05) is 6.54 Å². The van der Waals surface area contributed by atoms with Gasteiger partial charge in [0.25, 0.3) is 0 Å². The highest BCUT2D eigenvalue weighted by Crippen LogP contribution is 2.24. The first kappa shape index (κ1) is 12.8. The number of hydrogen-bond donors (Lipinski definition) is 3. The standard InChI is InChI=1S/C13H18N2O3/c16-10-6-4-9(5-7-10)8-14-12-3-1-2-11(15-12)13(17)18/h1-3,9-10,16H,4-8H2,(H,14,15)(H,17,18). The summed E-state index contributed by atoms with van der Waals surface area (Å²) in [6.07, 6.45) is 3.58. The van der Waals surface area contributed by atoms with Gasteiger partial charge in [0.05, 0.1) is 6.10 Å². The van der Waals surface area contributed by atoms with Crippen LogP contribution in [0.5, 0.6) is 0 Å². The molecule has 1 aliphatic carbocycles. The average Bonchev–Trinajstić information content (AvgIpc) is 2.38. The topological polar surface area (TPSA) is 82.5 Å². The van der Waals surface area contributed by atoms with E-state index in [4.69, 9.17) is 5.11 Å². The third kappa shape index (κ3) is 3.43. The lowest BCUT2D eigenvalue weighted by molar-refractivity contribution is 0.0690. The SMILES string of the molecule is O=C(O)c1cccc(NCC2CCC(O)CC2)n1. The monoisotopic (exact) mass is 250 g/mol. The van der Waals surface area contributed by atoms with Gasteiger partial charge >= 0.3 is 5.97 Å². The van der Waals surface area contributed by atoms with Crippen molar-refractivity contribution in [1.29, 1.82) is 0 Å². The van der Waals surface area contributed by atoms with Crippen LogP contribution in [0.1, 0.15) is 36.2 Å². The van der Waals surface area contributed by atoms with Gasteiger partial charge in [-0.25, -0.2) is 9.78 Å². The Morgan fingerprint density at radius 1 is 1.33 bits per heavy atom. The van der Waals surface area contributed by atoms with Crippen molar-refractivity contribution in [3.8, 4) is 0 Å². The minimum atomic E-state index is -1.01. The van der Waals surface area contributed by atoms with E-state index in [1.165, 1.54) is 6.07 Å². The smallest absolute Gasteiger partial charge is 0.354 e. The second-order valence-corrected chi connectivity index (χ2v) is 4.77. The van der Waals surface area contributed by atoms with Crippen LogP contribution in [-0.2, 0) is 0 Å². The molecule has 3 N–H and O–H groups in total. The highest BCUT2D eigenvalue weighted by molar-refractivity contribution is 5.85. The van der Waals surface area contributed by atoms with Crippen molar-refractivity contribution in [1.82, 2.24) is 4.98 Å². The quantitative estimate of drug-likeness (QED) is 0.758. The van der Waals surface area contributed by atoms with Crippen molar-refractivity contribution >= 4 is 11.8 Å². The summed E-state index contributed by atoms with van der Waals surface area (Å²) in [6.45, 7) is 0.781. The van der Waals surface area contributed by atoms with Crippen LogP contribution in [0.4, 0.5) is 5.82 Å². The Labute approximate surface area is 106 Å². The molecule has 98 valence electrons. The highest BCUT2D eigenvalue weighted by atomic mass is 16.4. The van der Waals surface area contributed by atoms with E-state index in [1.807, 2.05) is 0 Å². The van der Waals surface area contributed by atoms with Gasteiger partial charge in [-0.1, -0.05) is 6.07 Å². The first-order chi connectivity index (χ1) is 8.65. The number of pyridine rings is 1. The van der Waals surface area contributed by atoms with Gasteiger partial charge in [-0.2, -0.15) is 0 Å². The molecule has 2 rings (SSSR count). The van der Waals surface area contributed by atoms with Crippen molar-refractivity contribution in [3.05, 3.63) is 23.9 Å². The van der Waals surface area contributed by atoms with Crippen molar-refractivity contribution < 1.29 is 15.0 Å². The van der Waals surface area contributed by atoms with Crippen LogP contribution >= 0.6 is 0 Å². The number of carboxylic acids is 1. The number of aliphatic hydroxyl groups excluding tert-OH is 1. The molecule has 1 aromatic heterocycles. The zero-order chi connectivity index (χ0) is 13.0. The molecule has 0 amide bonds. The minimum absolute atomic E-state index is 0.0547. The molecular weight excluding hydrogens is 232 g/mol. The van der Waals surface area contributed by atoms with E-state index in [0.717, 1.165) is 32.2 Å². The molecule has 0 aromatic carbocycles. The Kier molecular flexibility index (Phi) is 4.15. The molecular formula is C13H18N2O3. The highest BCUT2D eigenvalue weighted by Gasteiger charge is 2.19. The summed E-state index contributed by atoms with van der Waals surface area (Å²) in [7, 11) is 0. The Morgan fingerprint density at radius 3 is 2.72 bits per heavy atom. The van der Waals surface area contributed by atoms with Gasteiger partial charge in [-0.3, -0.25) is 0 Å². The van der Waals surface area contributed by atoms with Gasteiger partial charge in [-0.05, 0) is 43.7 Å². The lowest BCUT2D eigenvalue weighted by Crippen LogP contribution is -2.23. The third-order valence-electron chi connectivity index (χ3n) is 3.36. The predicted octanol–water partition coefficient (Wildman–Crippen LogP) is 1.74. The first-order valence-electron chi connectivity index (χ1n) is 6.27. The summed E-state index contributed by atoms with van der Waals surface area (Å²) in [6, 6.07) is 4.93. The number of nitrogens with one attached hydrogen (secondary N) is 1. The van der Waals surface area contributed by atoms with E-state index in [2.05, 4.69) is 10.3 Å². The Bertz CT molecular complexity index is 414. The lowest BCUT2D eigenvalue weighted by Gasteiger charge is -2.25. The maximum absolute atomic E-state index is 10.8. The number of hydrogen-bond acceptors (Lipinski definition) is 4. The third-order valence-corrected chi connectivity index (χ3v) is 3.36. The summed E-state index contributed by atoms with van der Waals surface area (Å²) in [5, 5.41) is 21.4. The number of aliphatic hydroxyl groups is 1. The molecule has 1 aromatic rings. The molecule has 0 saturated heterocycles. The molecule has 0 spiro atoms. The van der Waals surface area contributed by atoms with Gasteiger partial charge in [0.2, 0.25) is 0 Å². The zero-order valence-electron chi connectivity index (χ0n) is 10.2. The van der Waals surface area contributed by atoms with Crippen LogP contribution < -0.4 is 5.32 Å². The zero-order valence-corrected chi connectivity index (χ0v) is 10.2. The number of aromatic carboxylic acids is 1. The fourth-order valence-corrected chi connectivity index (χ4v) is 2.25. The van der Waals surface area contributed by atoms with Crippen LogP contribution in [-0.4, -0.2) is 33.8 Å². The van der Waals surface area contributed by atoms with Crippen molar-refractivity contribution in [2.24, 2.45) is 5.92 Å². The number of nitrogens with zero attached hydrogens (tertiary/aromatic N) is 1. The van der Waals surface area contributed by atoms with Gasteiger partial charge in [-0.15, -0.1) is 0 Å². The molecule has 1 aliphatic rings. The maximum atomic E-state index is 10.8. The fraction of sp³-hybridized carbons (Fsp3) is 0.538. The molecule has 5 nitrogen and oxygen atoms in total. The van der Waals surface area contributed by atoms with E-state index in [-0.39, 0.29) is 11.8 Å². The molecule has 0 atom stereocenters. The minimum Gasteiger partial charge on any atom is -0.477 e. The summed E-state index contributed by atoms with van der Waals surface area (Å²) in [5.41, 5.74) is 0.0547. The van der Waals surface area contributed by atoms with Crippen molar-refractivity contribution in [2.75, 3.05) is 11.9 Å². The second-order valence-electron chi connectivity index (χ2n) is 4.77. The predicted molar refractivity (Wildman–Crippen MR) is 67.7 cm³/mol. The van der Waals surface area contributed by atoms with Crippen molar-refractivity contribution in [2.45, 2.75) is 31.8 Å². The second kappa shape index (κ2) is 5.82. The molecule has 0 radical (unpaired) electrons. The Hall–Kier alpha value is -1.62. The number of carbonyl (C=O) groups is 1. The summed E-state index contributed by atoms with van der Waals surface area (Å²) < 4.78 is 0. The molecule has 1 heterocycles. The summed E-state index contributed by atoms with van der Waals surface area (Å²) in [5.74, 6) is 0.115. The van der Waals surface area contributed by atoms with E-state index in [1.54, 1.807) is 12.1 Å². The largest absolute Gasteiger partial charge is 0.477 e. The lowest BCUT2D eigenvalue weighted by atomic mass is 9.87. The number of carboxylic acid groups (broad SMARTS) is 1. The van der Waals surface area contributed by atoms with Gasteiger partial charge < -0.3 is 15.5 Å². The van der Waals surface area contributed by atoms with E-state index in [9.17, 15) is 9.90 Å². The maximum Gasteiger partial charge on any atom is 0.354 e. The Morgan fingerprint density at radius 2 is 2.06 bits per heavy atom. The summed E-state index contributed by atoms with van der Waals surface area (Å²) in [4.78, 5) is 14.8. The molecule has 0 bridgehead atoms. The molecule has 1 fully saturated rings. The van der Waals surface area contributed by atoms with Gasteiger partial charge in [0.1, 0.15) is 5.82 Å². The van der Waals surface area contributed by atoms with Crippen molar-refractivity contribution in [3.63, 3.8) is 0 Å². The molecule has 1 saturated carbocycles. The number of aromatic nitrogens is 1. The van der Waals surface area contributed by atoms with E-state index >= 15 is 0 Å². The first-order valence-corrected chi connectivity index (χ1v) is 6.27. The normalized spacial score (nSPS) is 23.6.